The largest absolute Gasteiger partial charge is 0.304 e. The number of amides is 1. The summed E-state index contributed by atoms with van der Waals surface area (Å²) in [4.78, 5) is 20.3. The summed E-state index contributed by atoms with van der Waals surface area (Å²) in [5.74, 6) is -0.0263. The van der Waals surface area contributed by atoms with E-state index >= 15 is 0 Å². The normalized spacial score (nSPS) is 10.2. The number of benzene rings is 1. The predicted molar refractivity (Wildman–Crippen MR) is 82.5 cm³/mol. The molecule has 1 amide bonds. The summed E-state index contributed by atoms with van der Waals surface area (Å²) in [5, 5.41) is 10.7. The number of halogens is 1. The van der Waals surface area contributed by atoms with E-state index in [1.54, 1.807) is 30.3 Å². The molecule has 7 heteroatoms. The first kappa shape index (κ1) is 14.1. The van der Waals surface area contributed by atoms with E-state index < -0.39 is 0 Å². The summed E-state index contributed by atoms with van der Waals surface area (Å²) >= 11 is 5.97. The number of nitrogens with one attached hydrogen (secondary N) is 1. The van der Waals surface area contributed by atoms with Crippen LogP contribution in [-0.2, 0) is 0 Å². The third-order valence-corrected chi connectivity index (χ3v) is 3.07. The molecule has 0 saturated carbocycles. The third kappa shape index (κ3) is 3.24. The predicted octanol–water partition coefficient (Wildman–Crippen LogP) is 2.84. The van der Waals surface area contributed by atoms with Gasteiger partial charge in [0.05, 0.1) is 5.69 Å². The molecule has 3 rings (SSSR count). The highest BCUT2D eigenvalue weighted by Crippen LogP contribution is 2.21. The molecule has 2 heterocycles. The molecule has 0 unspecified atom stereocenters. The zero-order chi connectivity index (χ0) is 15.4. The number of anilines is 1. The number of carbonyl (C=O) groups excluding carboxylic acids is 1. The monoisotopic (exact) mass is 311 g/mol. The second-order valence-corrected chi connectivity index (χ2v) is 4.80. The van der Waals surface area contributed by atoms with Gasteiger partial charge in [0.1, 0.15) is 12.0 Å². The summed E-state index contributed by atoms with van der Waals surface area (Å²) in [6, 6.07) is 12.1. The molecule has 0 atom stereocenters. The molecule has 0 radical (unpaired) electrons. The number of carbonyl (C=O) groups is 1. The van der Waals surface area contributed by atoms with E-state index in [1.165, 1.54) is 12.5 Å². The lowest BCUT2D eigenvalue weighted by Crippen LogP contribution is -2.15. The first-order valence-corrected chi connectivity index (χ1v) is 6.77. The van der Waals surface area contributed by atoms with Crippen LogP contribution in [0.1, 0.15) is 10.5 Å². The van der Waals surface area contributed by atoms with Crippen LogP contribution in [0.4, 0.5) is 5.82 Å². The second-order valence-electron chi connectivity index (χ2n) is 4.36. The summed E-state index contributed by atoms with van der Waals surface area (Å²) in [7, 11) is 0. The molecule has 0 bridgehead atoms. The van der Waals surface area contributed by atoms with Gasteiger partial charge in [0.15, 0.2) is 5.82 Å². The Morgan fingerprint density at radius 2 is 2.00 bits per heavy atom. The fourth-order valence-corrected chi connectivity index (χ4v) is 2.03. The number of hydrogen-bond acceptors (Lipinski definition) is 5. The van der Waals surface area contributed by atoms with Crippen LogP contribution in [0.3, 0.4) is 0 Å². The van der Waals surface area contributed by atoms with Crippen LogP contribution in [0.5, 0.6) is 0 Å². The van der Waals surface area contributed by atoms with Gasteiger partial charge in [-0.15, -0.1) is 5.10 Å². The van der Waals surface area contributed by atoms with Crippen LogP contribution in [0.25, 0.3) is 11.3 Å². The van der Waals surface area contributed by atoms with Gasteiger partial charge < -0.3 is 5.32 Å². The number of rotatable bonds is 3. The van der Waals surface area contributed by atoms with Gasteiger partial charge in [-0.25, -0.2) is 9.97 Å². The zero-order valence-electron chi connectivity index (χ0n) is 11.3. The van der Waals surface area contributed by atoms with Gasteiger partial charge in [0.2, 0.25) is 0 Å². The van der Waals surface area contributed by atoms with E-state index in [4.69, 9.17) is 11.6 Å². The van der Waals surface area contributed by atoms with Gasteiger partial charge in [0, 0.05) is 16.8 Å². The zero-order valence-corrected chi connectivity index (χ0v) is 12.0. The van der Waals surface area contributed by atoms with Crippen molar-refractivity contribution in [2.45, 2.75) is 0 Å². The Labute approximate surface area is 131 Å². The van der Waals surface area contributed by atoms with Gasteiger partial charge in [0.25, 0.3) is 5.91 Å². The molecule has 1 aromatic carbocycles. The Morgan fingerprint density at radius 3 is 2.77 bits per heavy atom. The van der Waals surface area contributed by atoms with E-state index in [2.05, 4.69) is 25.5 Å². The quantitative estimate of drug-likeness (QED) is 0.804. The minimum absolute atomic E-state index is 0.232. The van der Waals surface area contributed by atoms with E-state index in [0.717, 1.165) is 5.56 Å². The van der Waals surface area contributed by atoms with Crippen LogP contribution in [0.2, 0.25) is 5.02 Å². The van der Waals surface area contributed by atoms with E-state index in [9.17, 15) is 4.79 Å². The summed E-state index contributed by atoms with van der Waals surface area (Å²) < 4.78 is 0. The first-order valence-electron chi connectivity index (χ1n) is 6.39. The fourth-order valence-electron chi connectivity index (χ4n) is 1.84. The highest BCUT2D eigenvalue weighted by Gasteiger charge is 2.11. The fraction of sp³-hybridized carbons (Fsp3) is 0. The van der Waals surface area contributed by atoms with Crippen molar-refractivity contribution in [1.29, 1.82) is 0 Å². The highest BCUT2D eigenvalue weighted by atomic mass is 35.5. The number of hydrogen-bond donors (Lipinski definition) is 1. The smallest absolute Gasteiger partial charge is 0.275 e. The Balaban J connectivity index is 1.86. The van der Waals surface area contributed by atoms with Crippen molar-refractivity contribution in [2.75, 3.05) is 5.32 Å². The summed E-state index contributed by atoms with van der Waals surface area (Å²) in [5.41, 5.74) is 1.65. The van der Waals surface area contributed by atoms with Crippen LogP contribution >= 0.6 is 11.6 Å². The molecule has 0 aliphatic rings. The molecule has 1 N–H and O–H groups in total. The Bertz CT molecular complexity index is 810. The van der Waals surface area contributed by atoms with Crippen LogP contribution in [-0.4, -0.2) is 26.1 Å². The maximum Gasteiger partial charge on any atom is 0.275 e. The first-order chi connectivity index (χ1) is 10.7. The molecule has 6 nitrogen and oxygen atoms in total. The molecule has 108 valence electrons. The van der Waals surface area contributed by atoms with E-state index in [0.29, 0.717) is 16.5 Å². The van der Waals surface area contributed by atoms with Crippen molar-refractivity contribution in [3.8, 4) is 11.3 Å². The lowest BCUT2D eigenvalue weighted by molar-refractivity contribution is 0.102. The highest BCUT2D eigenvalue weighted by molar-refractivity contribution is 6.30. The molecule has 3 aromatic rings. The van der Waals surface area contributed by atoms with Crippen LogP contribution in [0, 0.1) is 0 Å². The van der Waals surface area contributed by atoms with Crippen molar-refractivity contribution in [3.63, 3.8) is 0 Å². The molecule has 2 aromatic heterocycles. The van der Waals surface area contributed by atoms with E-state index in [-0.39, 0.29) is 11.6 Å². The maximum atomic E-state index is 12.2. The van der Waals surface area contributed by atoms with Gasteiger partial charge in [-0.3, -0.25) is 4.79 Å². The standard InChI is InChI=1S/C15H10ClN5O/c16-11-4-1-3-10(7-11)12-8-13(18-9-17-12)15(22)20-14-5-2-6-19-21-14/h1-9H,(H,20,21,22). The molecule has 0 fully saturated rings. The van der Waals surface area contributed by atoms with Gasteiger partial charge >= 0.3 is 0 Å². The molecule has 22 heavy (non-hydrogen) atoms. The van der Waals surface area contributed by atoms with Crippen molar-refractivity contribution < 1.29 is 4.79 Å². The van der Waals surface area contributed by atoms with Crippen molar-refractivity contribution in [1.82, 2.24) is 20.2 Å². The summed E-state index contributed by atoms with van der Waals surface area (Å²) in [6.45, 7) is 0. The lowest BCUT2D eigenvalue weighted by Gasteiger charge is -2.05. The topological polar surface area (TPSA) is 80.7 Å². The van der Waals surface area contributed by atoms with Gasteiger partial charge in [-0.05, 0) is 30.3 Å². The Kier molecular flexibility index (Phi) is 4.02. The SMILES string of the molecule is O=C(Nc1cccnn1)c1cc(-c2cccc(Cl)c2)ncn1. The van der Waals surface area contributed by atoms with Gasteiger partial charge in [-0.1, -0.05) is 23.7 Å². The minimum atomic E-state index is -0.383. The molecule has 0 saturated heterocycles. The summed E-state index contributed by atoms with van der Waals surface area (Å²) in [6.07, 6.45) is 2.86. The molecule has 0 spiro atoms. The number of aromatic nitrogens is 4. The van der Waals surface area contributed by atoms with Crippen molar-refractivity contribution in [3.05, 3.63) is 65.7 Å². The molecule has 0 aliphatic heterocycles. The average molecular weight is 312 g/mol. The van der Waals surface area contributed by atoms with Gasteiger partial charge in [-0.2, -0.15) is 5.10 Å². The lowest BCUT2D eigenvalue weighted by atomic mass is 10.1. The minimum Gasteiger partial charge on any atom is -0.304 e. The molecular weight excluding hydrogens is 302 g/mol. The Morgan fingerprint density at radius 1 is 1.09 bits per heavy atom. The molecule has 0 aliphatic carbocycles. The Hall–Kier alpha value is -2.86. The third-order valence-electron chi connectivity index (χ3n) is 2.83. The van der Waals surface area contributed by atoms with Crippen LogP contribution in [0.15, 0.2) is 55.0 Å². The van der Waals surface area contributed by atoms with Crippen molar-refractivity contribution >= 4 is 23.3 Å². The number of nitrogens with zero attached hydrogens (tertiary/aromatic N) is 4. The van der Waals surface area contributed by atoms with Crippen LogP contribution < -0.4 is 5.32 Å². The molecular formula is C15H10ClN5O. The second kappa shape index (κ2) is 6.28. The van der Waals surface area contributed by atoms with Crippen molar-refractivity contribution in [2.24, 2.45) is 0 Å². The maximum absolute atomic E-state index is 12.2. The average Bonchev–Trinajstić information content (AvgIpc) is 2.56. The van der Waals surface area contributed by atoms with E-state index in [1.807, 2.05) is 12.1 Å².